The van der Waals surface area contributed by atoms with Crippen LogP contribution in [-0.2, 0) is 0 Å². The van der Waals surface area contributed by atoms with E-state index in [1.807, 2.05) is 0 Å². The molecule has 1 aromatic heterocycles. The molecule has 6 heteroatoms. The lowest BCUT2D eigenvalue weighted by atomic mass is 10.1. The smallest absolute Gasteiger partial charge is 0.410 e. The van der Waals surface area contributed by atoms with Gasteiger partial charge in [-0.05, 0) is 43.3 Å². The van der Waals surface area contributed by atoms with Crippen LogP contribution in [0.1, 0.15) is 17.3 Å². The zero-order chi connectivity index (χ0) is 15.5. The monoisotopic (exact) mass is 298 g/mol. The van der Waals surface area contributed by atoms with Gasteiger partial charge in [-0.3, -0.25) is 4.79 Å². The highest BCUT2D eigenvalue weighted by Crippen LogP contribution is 2.26. The summed E-state index contributed by atoms with van der Waals surface area (Å²) >= 11 is 0. The lowest BCUT2D eigenvalue weighted by Crippen LogP contribution is -1.91. The predicted molar refractivity (Wildman–Crippen MR) is 76.2 cm³/mol. The third-order valence-corrected chi connectivity index (χ3v) is 2.98. The van der Waals surface area contributed by atoms with Crippen molar-refractivity contribution in [3.63, 3.8) is 0 Å². The second-order valence-corrected chi connectivity index (χ2v) is 4.54. The second-order valence-electron chi connectivity index (χ2n) is 4.54. The minimum absolute atomic E-state index is 0.0356. The van der Waals surface area contributed by atoms with Crippen LogP contribution < -0.4 is 4.74 Å². The molecule has 0 N–H and O–H groups in total. The highest BCUT2D eigenvalue weighted by atomic mass is 19.1. The number of ketones is 1. The summed E-state index contributed by atoms with van der Waals surface area (Å²) in [6, 6.07) is 12.6. The lowest BCUT2D eigenvalue weighted by molar-refractivity contribution is 0.101. The topological polar surface area (TPSA) is 65.2 Å². The molecule has 0 aliphatic rings. The normalized spacial score (nSPS) is 10.5. The van der Waals surface area contributed by atoms with Crippen molar-refractivity contribution in [1.82, 2.24) is 10.2 Å². The van der Waals surface area contributed by atoms with Crippen LogP contribution in [0.3, 0.4) is 0 Å². The third-order valence-electron chi connectivity index (χ3n) is 2.98. The van der Waals surface area contributed by atoms with Gasteiger partial charge in [0, 0.05) is 5.56 Å². The first-order chi connectivity index (χ1) is 10.6. The van der Waals surface area contributed by atoms with Crippen molar-refractivity contribution in [3.05, 3.63) is 59.9 Å². The number of hydrogen-bond donors (Lipinski definition) is 0. The average Bonchev–Trinajstić information content (AvgIpc) is 2.96. The van der Waals surface area contributed by atoms with Crippen LogP contribution >= 0.6 is 0 Å². The zero-order valence-electron chi connectivity index (χ0n) is 11.6. The summed E-state index contributed by atoms with van der Waals surface area (Å²) in [5.41, 5.74) is 0.779. The van der Waals surface area contributed by atoms with E-state index in [0.717, 1.165) is 0 Å². The molecular weight excluding hydrogens is 287 g/mol. The molecule has 3 aromatic rings. The summed E-state index contributed by atoms with van der Waals surface area (Å²) in [7, 11) is 0. The molecule has 0 bridgehead atoms. The number of aromatic nitrogens is 2. The molecule has 0 unspecified atom stereocenters. The second kappa shape index (κ2) is 5.77. The maximum absolute atomic E-state index is 13.6. The van der Waals surface area contributed by atoms with Crippen LogP contribution in [0.15, 0.2) is 52.9 Å². The number of carbonyl (C=O) groups excluding carboxylic acids is 1. The Morgan fingerprint density at radius 2 is 1.82 bits per heavy atom. The number of hydrogen-bond acceptors (Lipinski definition) is 5. The maximum atomic E-state index is 13.6. The molecule has 0 fully saturated rings. The quantitative estimate of drug-likeness (QED) is 0.684. The lowest BCUT2D eigenvalue weighted by Gasteiger charge is -2.01. The van der Waals surface area contributed by atoms with E-state index in [0.29, 0.717) is 11.3 Å². The highest BCUT2D eigenvalue weighted by molar-refractivity contribution is 5.94. The van der Waals surface area contributed by atoms with Gasteiger partial charge in [0.15, 0.2) is 5.78 Å². The highest BCUT2D eigenvalue weighted by Gasteiger charge is 2.13. The fourth-order valence-corrected chi connectivity index (χ4v) is 1.85. The molecular formula is C16H11FN2O3. The molecule has 0 amide bonds. The van der Waals surface area contributed by atoms with Crippen molar-refractivity contribution in [1.29, 1.82) is 0 Å². The molecule has 0 spiro atoms. The summed E-state index contributed by atoms with van der Waals surface area (Å²) in [6.07, 6.45) is -0.103. The van der Waals surface area contributed by atoms with Crippen LogP contribution in [0.4, 0.5) is 4.39 Å². The van der Waals surface area contributed by atoms with Crippen molar-refractivity contribution >= 4 is 5.78 Å². The van der Waals surface area contributed by atoms with Crippen LogP contribution in [0, 0.1) is 5.82 Å². The van der Waals surface area contributed by atoms with Gasteiger partial charge in [-0.2, -0.15) is 0 Å². The fourth-order valence-electron chi connectivity index (χ4n) is 1.85. The average molecular weight is 298 g/mol. The first-order valence-corrected chi connectivity index (χ1v) is 6.51. The van der Waals surface area contributed by atoms with Crippen molar-refractivity contribution < 1.29 is 18.3 Å². The van der Waals surface area contributed by atoms with Gasteiger partial charge in [0.1, 0.15) is 11.6 Å². The van der Waals surface area contributed by atoms with E-state index in [2.05, 4.69) is 10.2 Å². The van der Waals surface area contributed by atoms with E-state index >= 15 is 0 Å². The minimum atomic E-state index is -0.455. The minimum Gasteiger partial charge on any atom is -0.410 e. The molecule has 0 saturated heterocycles. The van der Waals surface area contributed by atoms with Gasteiger partial charge in [-0.25, -0.2) is 4.39 Å². The summed E-state index contributed by atoms with van der Waals surface area (Å²) in [5.74, 6) is -0.0168. The first kappa shape index (κ1) is 13.9. The predicted octanol–water partition coefficient (Wildman–Crippen LogP) is 3.87. The first-order valence-electron chi connectivity index (χ1n) is 6.51. The van der Waals surface area contributed by atoms with E-state index in [9.17, 15) is 9.18 Å². The molecule has 0 aliphatic heterocycles. The number of halogens is 1. The van der Waals surface area contributed by atoms with Crippen molar-refractivity contribution in [2.45, 2.75) is 6.92 Å². The molecule has 5 nitrogen and oxygen atoms in total. The van der Waals surface area contributed by atoms with Crippen LogP contribution in [-0.4, -0.2) is 16.0 Å². The standard InChI is InChI=1S/C16H11FN2O3/c1-10(20)11-6-8-12(9-7-11)21-16-19-18-15(22-16)13-4-2-3-5-14(13)17/h2-9H,1H3. The van der Waals surface area contributed by atoms with Gasteiger partial charge < -0.3 is 9.15 Å². The van der Waals surface area contributed by atoms with Gasteiger partial charge in [0.05, 0.1) is 5.56 Å². The summed E-state index contributed by atoms with van der Waals surface area (Å²) in [4.78, 5) is 11.2. The number of nitrogens with zero attached hydrogens (tertiary/aromatic N) is 2. The Bertz CT molecular complexity index is 812. The van der Waals surface area contributed by atoms with Crippen LogP contribution in [0.25, 0.3) is 11.5 Å². The Labute approximate surface area is 125 Å². The summed E-state index contributed by atoms with van der Waals surface area (Å²) < 4.78 is 24.3. The van der Waals surface area contributed by atoms with Gasteiger partial charge in [0.2, 0.25) is 0 Å². The Morgan fingerprint density at radius 3 is 2.50 bits per heavy atom. The SMILES string of the molecule is CC(=O)c1ccc(Oc2nnc(-c3ccccc3F)o2)cc1. The molecule has 3 rings (SSSR count). The molecule has 2 aromatic carbocycles. The molecule has 0 atom stereocenters. The Hall–Kier alpha value is -3.02. The van der Waals surface area contributed by atoms with Gasteiger partial charge in [0.25, 0.3) is 5.89 Å². The van der Waals surface area contributed by atoms with Gasteiger partial charge in [-0.1, -0.05) is 17.2 Å². The number of benzene rings is 2. The fraction of sp³-hybridized carbons (Fsp3) is 0.0625. The number of Topliss-reactive ketones (excluding diaryl/α,β-unsaturated/α-hetero) is 1. The molecule has 0 radical (unpaired) electrons. The van der Waals surface area contributed by atoms with Gasteiger partial charge >= 0.3 is 6.08 Å². The zero-order valence-corrected chi connectivity index (χ0v) is 11.6. The Morgan fingerprint density at radius 1 is 1.09 bits per heavy atom. The molecule has 22 heavy (non-hydrogen) atoms. The van der Waals surface area contributed by atoms with E-state index < -0.39 is 5.82 Å². The van der Waals surface area contributed by atoms with E-state index in [-0.39, 0.29) is 23.3 Å². The van der Waals surface area contributed by atoms with Crippen molar-refractivity contribution in [2.75, 3.05) is 0 Å². The van der Waals surface area contributed by atoms with E-state index in [1.165, 1.54) is 19.1 Å². The number of ether oxygens (including phenoxy) is 1. The third kappa shape index (κ3) is 2.85. The van der Waals surface area contributed by atoms with Crippen molar-refractivity contribution in [2.24, 2.45) is 0 Å². The van der Waals surface area contributed by atoms with Crippen molar-refractivity contribution in [3.8, 4) is 23.3 Å². The summed E-state index contributed by atoms with van der Waals surface area (Å²) in [6.45, 7) is 1.48. The number of carbonyl (C=O) groups is 1. The molecule has 1 heterocycles. The van der Waals surface area contributed by atoms with Crippen LogP contribution in [0.5, 0.6) is 11.8 Å². The van der Waals surface area contributed by atoms with Gasteiger partial charge in [-0.15, -0.1) is 5.10 Å². The van der Waals surface area contributed by atoms with E-state index in [4.69, 9.17) is 9.15 Å². The Kier molecular flexibility index (Phi) is 3.65. The van der Waals surface area contributed by atoms with E-state index in [1.54, 1.807) is 36.4 Å². The molecule has 110 valence electrons. The molecule has 0 aliphatic carbocycles. The van der Waals surface area contributed by atoms with Crippen LogP contribution in [0.2, 0.25) is 0 Å². The largest absolute Gasteiger partial charge is 0.420 e. The molecule has 0 saturated carbocycles. The maximum Gasteiger partial charge on any atom is 0.420 e. The summed E-state index contributed by atoms with van der Waals surface area (Å²) in [5, 5.41) is 7.47. The Balaban J connectivity index is 1.80. The number of rotatable bonds is 4.